The van der Waals surface area contributed by atoms with Gasteiger partial charge in [0.05, 0.1) is 0 Å². The SMILES string of the molecule is CC1CN(C(=O)CCN(C)C)CCN1. The molecule has 1 rings (SSSR count). The zero-order chi connectivity index (χ0) is 10.6. The fourth-order valence-electron chi connectivity index (χ4n) is 1.64. The smallest absolute Gasteiger partial charge is 0.223 e. The molecule has 0 aromatic carbocycles. The minimum atomic E-state index is 0.284. The molecule has 1 aliphatic heterocycles. The van der Waals surface area contributed by atoms with Gasteiger partial charge in [0, 0.05) is 38.6 Å². The fourth-order valence-corrected chi connectivity index (χ4v) is 1.64. The number of carbonyl (C=O) groups excluding carboxylic acids is 1. The average Bonchev–Trinajstić information content (AvgIpc) is 2.14. The second kappa shape index (κ2) is 5.32. The van der Waals surface area contributed by atoms with Crippen LogP contribution in [0.1, 0.15) is 13.3 Å². The number of hydrogen-bond acceptors (Lipinski definition) is 3. The summed E-state index contributed by atoms with van der Waals surface area (Å²) >= 11 is 0. The highest BCUT2D eigenvalue weighted by atomic mass is 16.2. The Labute approximate surface area is 86.2 Å². The molecule has 1 fully saturated rings. The third kappa shape index (κ3) is 3.64. The van der Waals surface area contributed by atoms with Gasteiger partial charge in [0.15, 0.2) is 0 Å². The number of carbonyl (C=O) groups is 1. The second-order valence-corrected chi connectivity index (χ2v) is 4.25. The molecule has 0 bridgehead atoms. The number of amides is 1. The van der Waals surface area contributed by atoms with Crippen molar-refractivity contribution in [3.63, 3.8) is 0 Å². The van der Waals surface area contributed by atoms with Crippen LogP contribution in [-0.4, -0.2) is 62.0 Å². The molecule has 1 heterocycles. The lowest BCUT2D eigenvalue weighted by molar-refractivity contribution is -0.132. The van der Waals surface area contributed by atoms with Crippen LogP contribution in [0.2, 0.25) is 0 Å². The Morgan fingerprint density at radius 3 is 2.86 bits per heavy atom. The van der Waals surface area contributed by atoms with Crippen LogP contribution in [0.15, 0.2) is 0 Å². The molecule has 4 nitrogen and oxygen atoms in total. The third-order valence-electron chi connectivity index (χ3n) is 2.49. The fraction of sp³-hybridized carbons (Fsp3) is 0.900. The first kappa shape index (κ1) is 11.5. The molecular formula is C10H21N3O. The van der Waals surface area contributed by atoms with Crippen LogP contribution in [0, 0.1) is 0 Å². The number of hydrogen-bond donors (Lipinski definition) is 1. The molecule has 1 amide bonds. The van der Waals surface area contributed by atoms with E-state index >= 15 is 0 Å². The summed E-state index contributed by atoms with van der Waals surface area (Å²) in [4.78, 5) is 15.7. The summed E-state index contributed by atoms with van der Waals surface area (Å²) in [5.74, 6) is 0.284. The Bertz CT molecular complexity index is 194. The highest BCUT2D eigenvalue weighted by molar-refractivity contribution is 5.76. The molecule has 1 atom stereocenters. The highest BCUT2D eigenvalue weighted by Gasteiger charge is 2.19. The van der Waals surface area contributed by atoms with Crippen molar-refractivity contribution in [1.82, 2.24) is 15.1 Å². The highest BCUT2D eigenvalue weighted by Crippen LogP contribution is 2.01. The Morgan fingerprint density at radius 1 is 1.57 bits per heavy atom. The van der Waals surface area contributed by atoms with Gasteiger partial charge >= 0.3 is 0 Å². The zero-order valence-electron chi connectivity index (χ0n) is 9.42. The number of rotatable bonds is 3. The second-order valence-electron chi connectivity index (χ2n) is 4.25. The van der Waals surface area contributed by atoms with Crippen molar-refractivity contribution >= 4 is 5.91 Å². The van der Waals surface area contributed by atoms with Crippen molar-refractivity contribution < 1.29 is 4.79 Å². The van der Waals surface area contributed by atoms with E-state index in [2.05, 4.69) is 12.2 Å². The van der Waals surface area contributed by atoms with E-state index in [1.807, 2.05) is 23.9 Å². The predicted molar refractivity (Wildman–Crippen MR) is 57.2 cm³/mol. The van der Waals surface area contributed by atoms with Gasteiger partial charge in [-0.3, -0.25) is 4.79 Å². The lowest BCUT2D eigenvalue weighted by Crippen LogP contribution is -2.51. The van der Waals surface area contributed by atoms with Gasteiger partial charge in [-0.25, -0.2) is 0 Å². The number of piperazine rings is 1. The number of nitrogens with one attached hydrogen (secondary N) is 1. The van der Waals surface area contributed by atoms with Crippen LogP contribution in [0.3, 0.4) is 0 Å². The summed E-state index contributed by atoms with van der Waals surface area (Å²) in [5.41, 5.74) is 0. The van der Waals surface area contributed by atoms with Crippen LogP contribution in [0.25, 0.3) is 0 Å². The van der Waals surface area contributed by atoms with Gasteiger partial charge in [-0.05, 0) is 21.0 Å². The maximum atomic E-state index is 11.7. The molecule has 0 aromatic rings. The maximum absolute atomic E-state index is 11.7. The van der Waals surface area contributed by atoms with Gasteiger partial charge in [0.25, 0.3) is 0 Å². The standard InChI is InChI=1S/C10H21N3O/c1-9-8-13(7-5-11-9)10(14)4-6-12(2)3/h9,11H,4-8H2,1-3H3. The van der Waals surface area contributed by atoms with Gasteiger partial charge in [-0.15, -0.1) is 0 Å². The molecule has 0 aromatic heterocycles. The predicted octanol–water partition coefficient (Wildman–Crippen LogP) is -0.242. The average molecular weight is 199 g/mol. The Balaban J connectivity index is 2.29. The van der Waals surface area contributed by atoms with E-state index in [9.17, 15) is 4.79 Å². The van der Waals surface area contributed by atoms with Crippen molar-refractivity contribution in [2.45, 2.75) is 19.4 Å². The van der Waals surface area contributed by atoms with E-state index in [-0.39, 0.29) is 5.91 Å². The van der Waals surface area contributed by atoms with Crippen molar-refractivity contribution in [2.24, 2.45) is 0 Å². The lowest BCUT2D eigenvalue weighted by atomic mass is 10.2. The molecule has 1 aliphatic rings. The van der Waals surface area contributed by atoms with Crippen LogP contribution >= 0.6 is 0 Å². The minimum absolute atomic E-state index is 0.284. The monoisotopic (exact) mass is 199 g/mol. The molecule has 1 unspecified atom stereocenters. The van der Waals surface area contributed by atoms with Gasteiger partial charge in [0.2, 0.25) is 5.91 Å². The molecule has 1 N–H and O–H groups in total. The van der Waals surface area contributed by atoms with Gasteiger partial charge < -0.3 is 15.1 Å². The first-order valence-corrected chi connectivity index (χ1v) is 5.25. The zero-order valence-corrected chi connectivity index (χ0v) is 9.42. The van der Waals surface area contributed by atoms with Gasteiger partial charge in [-0.1, -0.05) is 0 Å². The van der Waals surface area contributed by atoms with E-state index in [0.29, 0.717) is 12.5 Å². The van der Waals surface area contributed by atoms with Crippen molar-refractivity contribution in [3.05, 3.63) is 0 Å². The van der Waals surface area contributed by atoms with Gasteiger partial charge in [0.1, 0.15) is 0 Å². The van der Waals surface area contributed by atoms with E-state index in [1.165, 1.54) is 0 Å². The molecule has 0 spiro atoms. The summed E-state index contributed by atoms with van der Waals surface area (Å²) in [5, 5.41) is 3.33. The van der Waals surface area contributed by atoms with Crippen molar-refractivity contribution in [2.75, 3.05) is 40.3 Å². The minimum Gasteiger partial charge on any atom is -0.340 e. The Kier molecular flexibility index (Phi) is 4.35. The van der Waals surface area contributed by atoms with Crippen LogP contribution in [-0.2, 0) is 4.79 Å². The molecule has 4 heteroatoms. The van der Waals surface area contributed by atoms with E-state index in [0.717, 1.165) is 26.2 Å². The van der Waals surface area contributed by atoms with Crippen molar-refractivity contribution in [3.8, 4) is 0 Å². The largest absolute Gasteiger partial charge is 0.340 e. The molecule has 82 valence electrons. The summed E-state index contributed by atoms with van der Waals surface area (Å²) in [6, 6.07) is 0.437. The maximum Gasteiger partial charge on any atom is 0.223 e. The molecule has 1 saturated heterocycles. The molecular weight excluding hydrogens is 178 g/mol. The van der Waals surface area contributed by atoms with Crippen LogP contribution in [0.5, 0.6) is 0 Å². The summed E-state index contributed by atoms with van der Waals surface area (Å²) in [6.45, 7) is 5.60. The lowest BCUT2D eigenvalue weighted by Gasteiger charge is -2.32. The first-order chi connectivity index (χ1) is 6.59. The molecule has 0 radical (unpaired) electrons. The summed E-state index contributed by atoms with van der Waals surface area (Å²) in [7, 11) is 3.99. The van der Waals surface area contributed by atoms with Crippen LogP contribution in [0.4, 0.5) is 0 Å². The topological polar surface area (TPSA) is 35.6 Å². The van der Waals surface area contributed by atoms with Gasteiger partial charge in [-0.2, -0.15) is 0 Å². The van der Waals surface area contributed by atoms with E-state index < -0.39 is 0 Å². The van der Waals surface area contributed by atoms with Crippen LogP contribution < -0.4 is 5.32 Å². The quantitative estimate of drug-likeness (QED) is 0.681. The normalized spacial score (nSPS) is 22.9. The molecule has 0 aliphatic carbocycles. The number of nitrogens with zero attached hydrogens (tertiary/aromatic N) is 2. The van der Waals surface area contributed by atoms with Crippen molar-refractivity contribution in [1.29, 1.82) is 0 Å². The first-order valence-electron chi connectivity index (χ1n) is 5.25. The van der Waals surface area contributed by atoms with E-state index in [1.54, 1.807) is 0 Å². The summed E-state index contributed by atoms with van der Waals surface area (Å²) < 4.78 is 0. The molecule has 0 saturated carbocycles. The third-order valence-corrected chi connectivity index (χ3v) is 2.49. The Morgan fingerprint density at radius 2 is 2.29 bits per heavy atom. The Hall–Kier alpha value is -0.610. The molecule has 14 heavy (non-hydrogen) atoms. The summed E-state index contributed by atoms with van der Waals surface area (Å²) in [6.07, 6.45) is 0.639. The van der Waals surface area contributed by atoms with E-state index in [4.69, 9.17) is 0 Å².